The Morgan fingerprint density at radius 2 is 2.25 bits per heavy atom. The van der Waals surface area contributed by atoms with Crippen LogP contribution in [0.25, 0.3) is 11.3 Å². The molecule has 2 heterocycles. The summed E-state index contributed by atoms with van der Waals surface area (Å²) in [7, 11) is 0. The highest BCUT2D eigenvalue weighted by molar-refractivity contribution is 7.09. The fraction of sp³-hybridized carbons (Fsp3) is 0.333. The first-order chi connectivity index (χ1) is 7.90. The number of aryl methyl sites for hydroxylation is 1. The number of aromatic nitrogens is 2. The third-order valence-corrected chi connectivity index (χ3v) is 3.26. The van der Waals surface area contributed by atoms with Crippen molar-refractivity contribution in [3.63, 3.8) is 0 Å². The van der Waals surface area contributed by atoms with Gasteiger partial charge in [-0.05, 0) is 37.9 Å². The minimum absolute atomic E-state index is 0.765. The zero-order chi connectivity index (χ0) is 11.2. The molecule has 0 unspecified atom stereocenters. The van der Waals surface area contributed by atoms with Crippen LogP contribution in [0.3, 0.4) is 0 Å². The van der Waals surface area contributed by atoms with Gasteiger partial charge in [-0.1, -0.05) is 0 Å². The smallest absolute Gasteiger partial charge is 0.0932 e. The lowest BCUT2D eigenvalue weighted by Crippen LogP contribution is -1.98. The number of nitrogens with zero attached hydrogens (tertiary/aromatic N) is 2. The zero-order valence-corrected chi connectivity index (χ0v) is 9.91. The van der Waals surface area contributed by atoms with Crippen molar-refractivity contribution >= 4 is 11.3 Å². The number of unbranched alkanes of at least 4 members (excludes halogenated alkanes) is 1. The molecule has 0 aliphatic rings. The van der Waals surface area contributed by atoms with Crippen LogP contribution in [0, 0.1) is 0 Å². The van der Waals surface area contributed by atoms with Crippen molar-refractivity contribution in [2.45, 2.75) is 19.3 Å². The number of hydrogen-bond acceptors (Lipinski definition) is 4. The van der Waals surface area contributed by atoms with E-state index in [1.54, 1.807) is 17.5 Å². The van der Waals surface area contributed by atoms with Crippen LogP contribution in [-0.2, 0) is 6.42 Å². The summed E-state index contributed by atoms with van der Waals surface area (Å²) in [5.74, 6) is 0. The topological polar surface area (TPSA) is 51.8 Å². The third-order valence-electron chi connectivity index (χ3n) is 2.35. The molecule has 0 aliphatic carbocycles. The Labute approximate surface area is 99.4 Å². The fourth-order valence-electron chi connectivity index (χ4n) is 1.49. The SMILES string of the molecule is NCCCCc1nc(-c2cccnc2)cs1. The lowest BCUT2D eigenvalue weighted by atomic mass is 10.2. The van der Waals surface area contributed by atoms with Gasteiger partial charge in [-0.2, -0.15) is 0 Å². The summed E-state index contributed by atoms with van der Waals surface area (Å²) in [6.07, 6.45) is 6.84. The van der Waals surface area contributed by atoms with E-state index in [9.17, 15) is 0 Å². The van der Waals surface area contributed by atoms with Crippen LogP contribution in [0.1, 0.15) is 17.8 Å². The molecule has 4 heteroatoms. The van der Waals surface area contributed by atoms with Gasteiger partial charge < -0.3 is 5.73 Å². The fourth-order valence-corrected chi connectivity index (χ4v) is 2.34. The van der Waals surface area contributed by atoms with Gasteiger partial charge in [0.05, 0.1) is 10.7 Å². The molecule has 84 valence electrons. The van der Waals surface area contributed by atoms with Crippen molar-refractivity contribution in [1.29, 1.82) is 0 Å². The summed E-state index contributed by atoms with van der Waals surface area (Å²) in [5.41, 5.74) is 7.58. The Bertz CT molecular complexity index is 425. The molecular weight excluding hydrogens is 218 g/mol. The normalized spacial score (nSPS) is 10.6. The summed E-state index contributed by atoms with van der Waals surface area (Å²) in [6.45, 7) is 0.765. The highest BCUT2D eigenvalue weighted by atomic mass is 32.1. The second-order valence-electron chi connectivity index (χ2n) is 3.61. The average molecular weight is 233 g/mol. The first kappa shape index (κ1) is 11.2. The molecule has 0 spiro atoms. The van der Waals surface area contributed by atoms with E-state index in [1.165, 1.54) is 5.01 Å². The van der Waals surface area contributed by atoms with E-state index in [-0.39, 0.29) is 0 Å². The van der Waals surface area contributed by atoms with Gasteiger partial charge in [0, 0.05) is 23.3 Å². The molecule has 16 heavy (non-hydrogen) atoms. The standard InChI is InChI=1S/C12H15N3S/c13-6-2-1-5-12-15-11(9-16-12)10-4-3-7-14-8-10/h3-4,7-9H,1-2,5-6,13H2. The maximum atomic E-state index is 5.46. The summed E-state index contributed by atoms with van der Waals surface area (Å²) < 4.78 is 0. The minimum atomic E-state index is 0.765. The molecule has 0 aliphatic heterocycles. The van der Waals surface area contributed by atoms with Gasteiger partial charge in [-0.25, -0.2) is 4.98 Å². The van der Waals surface area contributed by atoms with Crippen LogP contribution >= 0.6 is 11.3 Å². The summed E-state index contributed by atoms with van der Waals surface area (Å²) in [5, 5.41) is 3.28. The number of pyridine rings is 1. The molecule has 0 atom stereocenters. The monoisotopic (exact) mass is 233 g/mol. The Morgan fingerprint density at radius 3 is 3.00 bits per heavy atom. The summed E-state index contributed by atoms with van der Waals surface area (Å²) in [6, 6.07) is 3.97. The molecule has 0 aromatic carbocycles. The molecule has 0 saturated heterocycles. The van der Waals surface area contributed by atoms with Crippen molar-refractivity contribution in [2.24, 2.45) is 5.73 Å². The number of nitrogens with two attached hydrogens (primary N) is 1. The molecule has 0 bridgehead atoms. The summed E-state index contributed by atoms with van der Waals surface area (Å²) >= 11 is 1.72. The van der Waals surface area contributed by atoms with Crippen LogP contribution in [0.5, 0.6) is 0 Å². The number of thiazole rings is 1. The van der Waals surface area contributed by atoms with Crippen molar-refractivity contribution in [2.75, 3.05) is 6.54 Å². The largest absolute Gasteiger partial charge is 0.330 e. The molecule has 0 amide bonds. The lowest BCUT2D eigenvalue weighted by molar-refractivity contribution is 0.742. The Balaban J connectivity index is 2.02. The van der Waals surface area contributed by atoms with E-state index in [2.05, 4.69) is 15.3 Å². The molecule has 3 nitrogen and oxygen atoms in total. The second kappa shape index (κ2) is 5.72. The first-order valence-electron chi connectivity index (χ1n) is 5.45. The minimum Gasteiger partial charge on any atom is -0.330 e. The van der Waals surface area contributed by atoms with E-state index in [4.69, 9.17) is 5.73 Å². The van der Waals surface area contributed by atoms with Gasteiger partial charge in [-0.15, -0.1) is 11.3 Å². The molecule has 2 aromatic heterocycles. The van der Waals surface area contributed by atoms with E-state index in [1.807, 2.05) is 18.3 Å². The molecular formula is C12H15N3S. The van der Waals surface area contributed by atoms with E-state index in [0.29, 0.717) is 0 Å². The van der Waals surface area contributed by atoms with E-state index >= 15 is 0 Å². The molecule has 0 fully saturated rings. The highest BCUT2D eigenvalue weighted by Crippen LogP contribution is 2.21. The van der Waals surface area contributed by atoms with Crippen LogP contribution in [0.15, 0.2) is 29.9 Å². The summed E-state index contributed by atoms with van der Waals surface area (Å²) in [4.78, 5) is 8.68. The lowest BCUT2D eigenvalue weighted by Gasteiger charge is -1.95. The van der Waals surface area contributed by atoms with Gasteiger partial charge in [0.25, 0.3) is 0 Å². The van der Waals surface area contributed by atoms with Crippen molar-refractivity contribution < 1.29 is 0 Å². The molecule has 2 rings (SSSR count). The molecule has 2 aromatic rings. The maximum Gasteiger partial charge on any atom is 0.0932 e. The third kappa shape index (κ3) is 2.87. The number of rotatable bonds is 5. The van der Waals surface area contributed by atoms with Gasteiger partial charge in [-0.3, -0.25) is 4.98 Å². The highest BCUT2D eigenvalue weighted by Gasteiger charge is 2.03. The van der Waals surface area contributed by atoms with E-state index < -0.39 is 0 Å². The quantitative estimate of drug-likeness (QED) is 0.807. The molecule has 2 N–H and O–H groups in total. The van der Waals surface area contributed by atoms with Crippen molar-refractivity contribution in [3.8, 4) is 11.3 Å². The van der Waals surface area contributed by atoms with Crippen LogP contribution in [0.4, 0.5) is 0 Å². The van der Waals surface area contributed by atoms with Crippen LogP contribution in [-0.4, -0.2) is 16.5 Å². The Morgan fingerprint density at radius 1 is 1.31 bits per heavy atom. The maximum absolute atomic E-state index is 5.46. The molecule has 0 saturated carbocycles. The van der Waals surface area contributed by atoms with Crippen molar-refractivity contribution in [1.82, 2.24) is 9.97 Å². The van der Waals surface area contributed by atoms with E-state index in [0.717, 1.165) is 37.1 Å². The first-order valence-corrected chi connectivity index (χ1v) is 6.33. The average Bonchev–Trinajstić information content (AvgIpc) is 2.79. The predicted molar refractivity (Wildman–Crippen MR) is 67.3 cm³/mol. The number of hydrogen-bond donors (Lipinski definition) is 1. The van der Waals surface area contributed by atoms with Gasteiger partial charge in [0.2, 0.25) is 0 Å². The zero-order valence-electron chi connectivity index (χ0n) is 9.10. The Kier molecular flexibility index (Phi) is 4.02. The van der Waals surface area contributed by atoms with Crippen LogP contribution < -0.4 is 5.73 Å². The van der Waals surface area contributed by atoms with Gasteiger partial charge in [0.15, 0.2) is 0 Å². The second-order valence-corrected chi connectivity index (χ2v) is 4.56. The Hall–Kier alpha value is -1.26. The van der Waals surface area contributed by atoms with Gasteiger partial charge >= 0.3 is 0 Å². The van der Waals surface area contributed by atoms with Crippen molar-refractivity contribution in [3.05, 3.63) is 34.9 Å². The van der Waals surface area contributed by atoms with Gasteiger partial charge in [0.1, 0.15) is 0 Å². The van der Waals surface area contributed by atoms with Crippen LogP contribution in [0.2, 0.25) is 0 Å². The molecule has 0 radical (unpaired) electrons. The predicted octanol–water partition coefficient (Wildman–Crippen LogP) is 2.49.